The molecule has 0 unspecified atom stereocenters. The fourth-order valence-corrected chi connectivity index (χ4v) is 4.85. The van der Waals surface area contributed by atoms with Gasteiger partial charge in [0.05, 0.1) is 22.3 Å². The first-order chi connectivity index (χ1) is 10.5. The lowest BCUT2D eigenvalue weighted by atomic mass is 10.2. The van der Waals surface area contributed by atoms with Crippen molar-refractivity contribution in [1.29, 1.82) is 0 Å². The van der Waals surface area contributed by atoms with Gasteiger partial charge in [0.25, 0.3) is 0 Å². The minimum atomic E-state index is 0.493. The van der Waals surface area contributed by atoms with Gasteiger partial charge in [-0.25, -0.2) is 4.68 Å². The van der Waals surface area contributed by atoms with E-state index in [1.165, 1.54) is 4.24 Å². The second kappa shape index (κ2) is 8.09. The summed E-state index contributed by atoms with van der Waals surface area (Å²) in [5.41, 5.74) is 2.15. The maximum Gasteiger partial charge on any atom is 0.0935 e. The van der Waals surface area contributed by atoms with Crippen LogP contribution in [0.3, 0.4) is 0 Å². The van der Waals surface area contributed by atoms with E-state index in [1.54, 1.807) is 6.20 Å². The van der Waals surface area contributed by atoms with E-state index in [4.69, 9.17) is 11.6 Å². The number of halogens is 1. The molecule has 1 aromatic carbocycles. The lowest BCUT2D eigenvalue weighted by Gasteiger charge is -2.18. The molecule has 2 aromatic rings. The molecule has 0 aliphatic rings. The summed E-state index contributed by atoms with van der Waals surface area (Å²) in [6.45, 7) is 8.80. The third-order valence-electron chi connectivity index (χ3n) is 2.65. The zero-order chi connectivity index (χ0) is 16.1. The van der Waals surface area contributed by atoms with Crippen molar-refractivity contribution in [3.05, 3.63) is 51.5 Å². The smallest absolute Gasteiger partial charge is 0.0935 e. The number of rotatable bonds is 6. The number of hydrogen-bond donors (Lipinski definition) is 0. The molecule has 0 fully saturated rings. The Morgan fingerprint density at radius 2 is 1.64 bits per heavy atom. The Bertz CT molecular complexity index is 607. The van der Waals surface area contributed by atoms with E-state index in [2.05, 4.69) is 38.0 Å². The molecule has 0 saturated carbocycles. The van der Waals surface area contributed by atoms with Crippen LogP contribution in [0.25, 0.3) is 5.70 Å². The molecule has 3 nitrogen and oxygen atoms in total. The van der Waals surface area contributed by atoms with Crippen molar-refractivity contribution in [2.24, 2.45) is 0 Å². The largest absolute Gasteiger partial charge is 0.218 e. The summed E-state index contributed by atoms with van der Waals surface area (Å²) >= 11 is 9.74. The van der Waals surface area contributed by atoms with Gasteiger partial charge >= 0.3 is 0 Å². The molecule has 22 heavy (non-hydrogen) atoms. The van der Waals surface area contributed by atoms with Gasteiger partial charge in [0, 0.05) is 21.1 Å². The van der Waals surface area contributed by atoms with E-state index in [9.17, 15) is 0 Å². The van der Waals surface area contributed by atoms with E-state index in [1.807, 2.05) is 58.7 Å². The third-order valence-corrected chi connectivity index (χ3v) is 5.24. The molecule has 0 aliphatic carbocycles. The zero-order valence-corrected chi connectivity index (χ0v) is 15.5. The van der Waals surface area contributed by atoms with Crippen LogP contribution in [0.4, 0.5) is 0 Å². The second-order valence-corrected chi connectivity index (χ2v) is 9.19. The van der Waals surface area contributed by atoms with Gasteiger partial charge in [-0.1, -0.05) is 56.6 Å². The quantitative estimate of drug-likeness (QED) is 0.696. The highest BCUT2D eigenvalue weighted by Gasteiger charge is 2.17. The van der Waals surface area contributed by atoms with Crippen molar-refractivity contribution in [3.8, 4) is 0 Å². The maximum atomic E-state index is 6.03. The molecule has 1 heterocycles. The average molecular weight is 354 g/mol. The summed E-state index contributed by atoms with van der Waals surface area (Å²) in [7, 11) is 0. The predicted octanol–water partition coefficient (Wildman–Crippen LogP) is 5.39. The maximum absolute atomic E-state index is 6.03. The van der Waals surface area contributed by atoms with Crippen LogP contribution < -0.4 is 0 Å². The first kappa shape index (κ1) is 17.4. The van der Waals surface area contributed by atoms with Crippen molar-refractivity contribution >= 4 is 40.8 Å². The van der Waals surface area contributed by atoms with Crippen LogP contribution in [0.2, 0.25) is 5.02 Å². The Hall–Kier alpha value is -0.910. The van der Waals surface area contributed by atoms with Gasteiger partial charge in [-0.05, 0) is 12.1 Å². The van der Waals surface area contributed by atoms with Crippen LogP contribution in [0.15, 0.2) is 40.9 Å². The molecule has 0 radical (unpaired) electrons. The number of aromatic nitrogens is 3. The Labute approximate surface area is 145 Å². The van der Waals surface area contributed by atoms with Gasteiger partial charge in [0.2, 0.25) is 0 Å². The first-order valence-electron chi connectivity index (χ1n) is 7.17. The van der Waals surface area contributed by atoms with Crippen LogP contribution >= 0.6 is 35.1 Å². The standard InChI is InChI=1S/C16H20ClN3S2/c1-11(2)21-16(22-12(3)4)15(20-10-9-18-19-20)13-5-7-14(17)8-6-13/h5-12H,1-4H3. The van der Waals surface area contributed by atoms with E-state index in [0.29, 0.717) is 10.5 Å². The van der Waals surface area contributed by atoms with Crippen LogP contribution in [0, 0.1) is 0 Å². The van der Waals surface area contributed by atoms with Gasteiger partial charge in [-0.2, -0.15) is 0 Å². The Morgan fingerprint density at radius 3 is 2.09 bits per heavy atom. The van der Waals surface area contributed by atoms with Crippen LogP contribution in [-0.2, 0) is 0 Å². The van der Waals surface area contributed by atoms with Crippen molar-refractivity contribution in [2.75, 3.05) is 0 Å². The predicted molar refractivity (Wildman–Crippen MR) is 99.2 cm³/mol. The minimum absolute atomic E-state index is 0.493. The molecule has 0 N–H and O–H groups in total. The van der Waals surface area contributed by atoms with E-state index >= 15 is 0 Å². The number of hydrogen-bond acceptors (Lipinski definition) is 4. The normalized spacial score (nSPS) is 11.2. The second-order valence-electron chi connectivity index (χ2n) is 5.32. The fraction of sp³-hybridized carbons (Fsp3) is 0.375. The molecular weight excluding hydrogens is 334 g/mol. The average Bonchev–Trinajstić information content (AvgIpc) is 2.93. The molecule has 2 rings (SSSR count). The number of thioether (sulfide) groups is 2. The van der Waals surface area contributed by atoms with Gasteiger partial charge in [-0.3, -0.25) is 0 Å². The topological polar surface area (TPSA) is 30.7 Å². The Morgan fingerprint density at radius 1 is 1.05 bits per heavy atom. The number of benzene rings is 1. The van der Waals surface area contributed by atoms with Crippen LogP contribution in [0.1, 0.15) is 33.3 Å². The first-order valence-corrected chi connectivity index (χ1v) is 9.31. The molecule has 0 spiro atoms. The minimum Gasteiger partial charge on any atom is -0.218 e. The molecule has 0 aliphatic heterocycles. The van der Waals surface area contributed by atoms with Gasteiger partial charge in [-0.15, -0.1) is 28.6 Å². The lowest BCUT2D eigenvalue weighted by Crippen LogP contribution is -2.04. The summed E-state index contributed by atoms with van der Waals surface area (Å²) in [4.78, 5) is 0. The highest BCUT2D eigenvalue weighted by atomic mass is 35.5. The fourth-order valence-electron chi connectivity index (χ4n) is 1.85. The lowest BCUT2D eigenvalue weighted by molar-refractivity contribution is 0.820. The highest BCUT2D eigenvalue weighted by molar-refractivity contribution is 8.23. The molecule has 1 aromatic heterocycles. The molecule has 0 saturated heterocycles. The van der Waals surface area contributed by atoms with Gasteiger partial charge < -0.3 is 0 Å². The van der Waals surface area contributed by atoms with E-state index < -0.39 is 0 Å². The van der Waals surface area contributed by atoms with Crippen molar-refractivity contribution < 1.29 is 0 Å². The van der Waals surface area contributed by atoms with Crippen LogP contribution in [0.5, 0.6) is 0 Å². The number of nitrogens with zero attached hydrogens (tertiary/aromatic N) is 3. The third kappa shape index (κ3) is 4.80. The zero-order valence-electron chi connectivity index (χ0n) is 13.2. The van der Waals surface area contributed by atoms with Crippen molar-refractivity contribution in [3.63, 3.8) is 0 Å². The summed E-state index contributed by atoms with van der Waals surface area (Å²) in [5, 5.41) is 9.88. The molecule has 6 heteroatoms. The van der Waals surface area contributed by atoms with Gasteiger partial charge in [0.15, 0.2) is 0 Å². The van der Waals surface area contributed by atoms with E-state index in [0.717, 1.165) is 16.3 Å². The summed E-state index contributed by atoms with van der Waals surface area (Å²) < 4.78 is 3.08. The molecule has 0 amide bonds. The van der Waals surface area contributed by atoms with Crippen LogP contribution in [-0.4, -0.2) is 25.5 Å². The van der Waals surface area contributed by atoms with Gasteiger partial charge in [0.1, 0.15) is 0 Å². The molecule has 118 valence electrons. The Kier molecular flexibility index (Phi) is 6.41. The highest BCUT2D eigenvalue weighted by Crippen LogP contribution is 2.40. The summed E-state index contributed by atoms with van der Waals surface area (Å²) in [6.07, 6.45) is 3.58. The molecule has 0 atom stereocenters. The monoisotopic (exact) mass is 353 g/mol. The summed E-state index contributed by atoms with van der Waals surface area (Å²) in [6, 6.07) is 7.87. The van der Waals surface area contributed by atoms with E-state index in [-0.39, 0.29) is 0 Å². The summed E-state index contributed by atoms with van der Waals surface area (Å²) in [5.74, 6) is 0. The molecular formula is C16H20ClN3S2. The molecule has 0 bridgehead atoms. The van der Waals surface area contributed by atoms with Crippen molar-refractivity contribution in [1.82, 2.24) is 15.0 Å². The SMILES string of the molecule is CC(C)SC(SC(C)C)=C(c1ccc(Cl)cc1)n1ccnn1. The Balaban J connectivity index is 2.57. The van der Waals surface area contributed by atoms with Crippen molar-refractivity contribution in [2.45, 2.75) is 38.2 Å².